The lowest BCUT2D eigenvalue weighted by molar-refractivity contribution is 1.12. The van der Waals surface area contributed by atoms with Gasteiger partial charge < -0.3 is 4.98 Å². The molecule has 2 heterocycles. The van der Waals surface area contributed by atoms with Crippen molar-refractivity contribution in [1.29, 1.82) is 0 Å². The first kappa shape index (κ1) is 8.05. The van der Waals surface area contributed by atoms with Gasteiger partial charge in [0, 0.05) is 24.0 Å². The van der Waals surface area contributed by atoms with E-state index in [0.29, 0.717) is 11.0 Å². The maximum absolute atomic E-state index is 11.1. The number of fused-ring (bicyclic) bond motifs is 3. The Bertz CT molecular complexity index is 704. The fraction of sp³-hybridized carbons (Fsp3) is 0. The quantitative estimate of drug-likeness (QED) is 0.544. The molecule has 0 amide bonds. The number of aromatic nitrogens is 4. The van der Waals surface area contributed by atoms with Crippen molar-refractivity contribution >= 4 is 21.9 Å². The van der Waals surface area contributed by atoms with Gasteiger partial charge in [0.05, 0.1) is 11.0 Å². The predicted molar refractivity (Wildman–Crippen MR) is 55.5 cm³/mol. The van der Waals surface area contributed by atoms with Crippen LogP contribution in [0.1, 0.15) is 0 Å². The second kappa shape index (κ2) is 2.84. The monoisotopic (exact) mass is 198 g/mol. The molecule has 1 N–H and O–H groups in total. The lowest BCUT2D eigenvalue weighted by atomic mass is 10.2. The van der Waals surface area contributed by atoms with Crippen LogP contribution in [0.15, 0.2) is 35.5 Å². The minimum Gasteiger partial charge on any atom is -0.303 e. The molecule has 0 atom stereocenters. The zero-order valence-corrected chi connectivity index (χ0v) is 7.64. The number of hydrogen-bond donors (Lipinski definition) is 1. The SMILES string of the molecule is O=c1ncc2ccc3nccnc3c2[nH]1. The minimum atomic E-state index is -0.374. The summed E-state index contributed by atoms with van der Waals surface area (Å²) in [7, 11) is 0. The van der Waals surface area contributed by atoms with E-state index >= 15 is 0 Å². The van der Waals surface area contributed by atoms with Gasteiger partial charge in [-0.2, -0.15) is 0 Å². The van der Waals surface area contributed by atoms with Crippen molar-refractivity contribution in [3.05, 3.63) is 41.2 Å². The van der Waals surface area contributed by atoms with Crippen molar-refractivity contribution in [2.75, 3.05) is 0 Å². The summed E-state index contributed by atoms with van der Waals surface area (Å²) in [6, 6.07) is 3.71. The first-order valence-corrected chi connectivity index (χ1v) is 4.43. The predicted octanol–water partition coefficient (Wildman–Crippen LogP) is 0.866. The molecule has 5 heteroatoms. The molecule has 3 rings (SSSR count). The number of benzene rings is 1. The highest BCUT2D eigenvalue weighted by atomic mass is 16.1. The topological polar surface area (TPSA) is 71.5 Å². The summed E-state index contributed by atoms with van der Waals surface area (Å²) in [6.07, 6.45) is 4.75. The van der Waals surface area contributed by atoms with Gasteiger partial charge >= 0.3 is 5.69 Å². The molecule has 2 aromatic heterocycles. The Morgan fingerprint density at radius 2 is 1.93 bits per heavy atom. The molecule has 0 bridgehead atoms. The Labute approximate surface area is 83.8 Å². The zero-order valence-electron chi connectivity index (χ0n) is 7.64. The molecular weight excluding hydrogens is 192 g/mol. The summed E-state index contributed by atoms with van der Waals surface area (Å²) < 4.78 is 0. The third-order valence-electron chi connectivity index (χ3n) is 2.23. The van der Waals surface area contributed by atoms with E-state index in [0.717, 1.165) is 10.9 Å². The van der Waals surface area contributed by atoms with Crippen LogP contribution in [0, 0.1) is 0 Å². The fourth-order valence-electron chi connectivity index (χ4n) is 1.56. The molecule has 0 saturated heterocycles. The van der Waals surface area contributed by atoms with E-state index in [1.807, 2.05) is 12.1 Å². The van der Waals surface area contributed by atoms with Crippen LogP contribution in [0.3, 0.4) is 0 Å². The first-order valence-electron chi connectivity index (χ1n) is 4.43. The largest absolute Gasteiger partial charge is 0.345 e. The van der Waals surface area contributed by atoms with Gasteiger partial charge in [-0.15, -0.1) is 0 Å². The molecule has 0 unspecified atom stereocenters. The molecule has 0 radical (unpaired) electrons. The van der Waals surface area contributed by atoms with Gasteiger partial charge in [0.2, 0.25) is 0 Å². The van der Waals surface area contributed by atoms with Crippen LogP contribution in [-0.2, 0) is 0 Å². The van der Waals surface area contributed by atoms with Crippen LogP contribution in [-0.4, -0.2) is 19.9 Å². The standard InChI is InChI=1S/C10H6N4O/c15-10-13-5-6-1-2-7-9(8(6)14-10)12-4-3-11-7/h1-5H,(H,13,14,15). The van der Waals surface area contributed by atoms with E-state index < -0.39 is 0 Å². The highest BCUT2D eigenvalue weighted by Crippen LogP contribution is 2.17. The molecule has 0 aliphatic rings. The lowest BCUT2D eigenvalue weighted by Crippen LogP contribution is -2.08. The molecule has 1 aromatic carbocycles. The van der Waals surface area contributed by atoms with Crippen molar-refractivity contribution in [1.82, 2.24) is 19.9 Å². The van der Waals surface area contributed by atoms with Crippen molar-refractivity contribution in [2.24, 2.45) is 0 Å². The number of nitrogens with zero attached hydrogens (tertiary/aromatic N) is 3. The van der Waals surface area contributed by atoms with E-state index in [-0.39, 0.29) is 5.69 Å². The van der Waals surface area contributed by atoms with E-state index in [1.165, 1.54) is 6.20 Å². The summed E-state index contributed by atoms with van der Waals surface area (Å²) in [5.41, 5.74) is 1.75. The Hall–Kier alpha value is -2.30. The fourth-order valence-corrected chi connectivity index (χ4v) is 1.56. The molecule has 0 aliphatic heterocycles. The highest BCUT2D eigenvalue weighted by molar-refractivity contribution is 6.00. The maximum atomic E-state index is 11.1. The second-order valence-electron chi connectivity index (χ2n) is 3.14. The van der Waals surface area contributed by atoms with Crippen molar-refractivity contribution in [2.45, 2.75) is 0 Å². The normalized spacial score (nSPS) is 10.9. The smallest absolute Gasteiger partial charge is 0.303 e. The van der Waals surface area contributed by atoms with E-state index in [9.17, 15) is 4.79 Å². The molecule has 15 heavy (non-hydrogen) atoms. The summed E-state index contributed by atoms with van der Waals surface area (Å²) in [6.45, 7) is 0. The average Bonchev–Trinajstić information content (AvgIpc) is 2.29. The highest BCUT2D eigenvalue weighted by Gasteiger charge is 2.02. The van der Waals surface area contributed by atoms with Crippen LogP contribution in [0.2, 0.25) is 0 Å². The van der Waals surface area contributed by atoms with Crippen LogP contribution in [0.4, 0.5) is 0 Å². The van der Waals surface area contributed by atoms with E-state index in [2.05, 4.69) is 19.9 Å². The average molecular weight is 198 g/mol. The van der Waals surface area contributed by atoms with Crippen LogP contribution in [0.25, 0.3) is 21.9 Å². The third kappa shape index (κ3) is 1.17. The summed E-state index contributed by atoms with van der Waals surface area (Å²) in [5.74, 6) is 0. The Morgan fingerprint density at radius 3 is 2.87 bits per heavy atom. The lowest BCUT2D eigenvalue weighted by Gasteiger charge is -1.99. The van der Waals surface area contributed by atoms with Crippen molar-refractivity contribution in [3.63, 3.8) is 0 Å². The molecule has 5 nitrogen and oxygen atoms in total. The molecule has 0 fully saturated rings. The maximum Gasteiger partial charge on any atom is 0.345 e. The van der Waals surface area contributed by atoms with Crippen molar-refractivity contribution < 1.29 is 0 Å². The molecule has 72 valence electrons. The molecule has 0 aliphatic carbocycles. The number of aromatic amines is 1. The molecule has 3 aromatic rings. The van der Waals surface area contributed by atoms with Crippen LogP contribution in [0.5, 0.6) is 0 Å². The molecular formula is C10H6N4O. The molecule has 0 saturated carbocycles. The minimum absolute atomic E-state index is 0.374. The van der Waals surface area contributed by atoms with Gasteiger partial charge in [-0.3, -0.25) is 9.97 Å². The molecule has 0 spiro atoms. The number of nitrogens with one attached hydrogen (secondary N) is 1. The number of hydrogen-bond acceptors (Lipinski definition) is 4. The van der Waals surface area contributed by atoms with Crippen LogP contribution < -0.4 is 5.69 Å². The summed E-state index contributed by atoms with van der Waals surface area (Å²) in [5, 5.41) is 0.850. The Balaban J connectivity index is 2.63. The second-order valence-corrected chi connectivity index (χ2v) is 3.14. The third-order valence-corrected chi connectivity index (χ3v) is 2.23. The van der Waals surface area contributed by atoms with E-state index in [1.54, 1.807) is 12.4 Å². The summed E-state index contributed by atoms with van der Waals surface area (Å²) >= 11 is 0. The van der Waals surface area contributed by atoms with E-state index in [4.69, 9.17) is 0 Å². The van der Waals surface area contributed by atoms with Gasteiger partial charge in [-0.25, -0.2) is 9.78 Å². The Kier molecular flexibility index (Phi) is 1.53. The first-order chi connectivity index (χ1) is 7.34. The zero-order chi connectivity index (χ0) is 10.3. The van der Waals surface area contributed by atoms with Gasteiger partial charge in [-0.05, 0) is 12.1 Å². The van der Waals surface area contributed by atoms with Gasteiger partial charge in [0.25, 0.3) is 0 Å². The van der Waals surface area contributed by atoms with Crippen LogP contribution >= 0.6 is 0 Å². The van der Waals surface area contributed by atoms with Gasteiger partial charge in [0.1, 0.15) is 5.52 Å². The Morgan fingerprint density at radius 1 is 1.07 bits per heavy atom. The van der Waals surface area contributed by atoms with Gasteiger partial charge in [-0.1, -0.05) is 0 Å². The van der Waals surface area contributed by atoms with Crippen molar-refractivity contribution in [3.8, 4) is 0 Å². The number of rotatable bonds is 0. The number of H-pyrrole nitrogens is 1. The van der Waals surface area contributed by atoms with Gasteiger partial charge in [0.15, 0.2) is 0 Å². The summed E-state index contributed by atoms with van der Waals surface area (Å²) in [4.78, 5) is 25.8.